The number of imide groups is 2. The SMILES string of the molecule is CCOc1ccc(Br)cc1/C=C1\C(=O)NC(=O)N(c2cccc(Cl)c2Cl)C1=O. The van der Waals surface area contributed by atoms with Crippen molar-refractivity contribution in [1.82, 2.24) is 5.32 Å². The van der Waals surface area contributed by atoms with Crippen molar-refractivity contribution in [2.45, 2.75) is 6.92 Å². The van der Waals surface area contributed by atoms with Crippen LogP contribution in [0.4, 0.5) is 10.5 Å². The quantitative estimate of drug-likeness (QED) is 0.499. The van der Waals surface area contributed by atoms with E-state index in [1.54, 1.807) is 24.3 Å². The normalized spacial score (nSPS) is 15.8. The summed E-state index contributed by atoms with van der Waals surface area (Å²) in [4.78, 5) is 38.4. The van der Waals surface area contributed by atoms with Crippen LogP contribution in [-0.4, -0.2) is 24.5 Å². The fourth-order valence-electron chi connectivity index (χ4n) is 2.62. The predicted octanol–water partition coefficient (Wildman–Crippen LogP) is 4.82. The highest BCUT2D eigenvalue weighted by Crippen LogP contribution is 2.35. The molecule has 1 aliphatic heterocycles. The highest BCUT2D eigenvalue weighted by Gasteiger charge is 2.38. The number of carbonyl (C=O) groups is 3. The highest BCUT2D eigenvalue weighted by molar-refractivity contribution is 9.10. The van der Waals surface area contributed by atoms with Crippen molar-refractivity contribution in [2.75, 3.05) is 11.5 Å². The minimum absolute atomic E-state index is 0.0267. The molecule has 9 heteroatoms. The van der Waals surface area contributed by atoms with E-state index in [4.69, 9.17) is 27.9 Å². The van der Waals surface area contributed by atoms with Crippen LogP contribution >= 0.6 is 39.1 Å². The molecule has 0 aromatic heterocycles. The summed E-state index contributed by atoms with van der Waals surface area (Å²) in [6.07, 6.45) is 1.37. The van der Waals surface area contributed by atoms with E-state index < -0.39 is 17.8 Å². The van der Waals surface area contributed by atoms with Gasteiger partial charge in [-0.15, -0.1) is 0 Å². The van der Waals surface area contributed by atoms with Gasteiger partial charge in [0.25, 0.3) is 11.8 Å². The van der Waals surface area contributed by atoms with Gasteiger partial charge in [0.2, 0.25) is 0 Å². The maximum atomic E-state index is 13.0. The van der Waals surface area contributed by atoms with Crippen molar-refractivity contribution in [3.8, 4) is 5.75 Å². The molecule has 0 bridgehead atoms. The largest absolute Gasteiger partial charge is 0.493 e. The molecule has 0 spiro atoms. The van der Waals surface area contributed by atoms with Gasteiger partial charge in [-0.2, -0.15) is 0 Å². The van der Waals surface area contributed by atoms with Gasteiger partial charge in [0, 0.05) is 10.0 Å². The van der Waals surface area contributed by atoms with Crippen LogP contribution in [0.1, 0.15) is 12.5 Å². The van der Waals surface area contributed by atoms with Crippen LogP contribution < -0.4 is 15.0 Å². The number of halogens is 3. The molecule has 1 fully saturated rings. The molecule has 0 saturated carbocycles. The first-order chi connectivity index (χ1) is 13.3. The molecule has 0 atom stereocenters. The molecule has 1 N–H and O–H groups in total. The molecule has 6 nitrogen and oxygen atoms in total. The minimum atomic E-state index is -0.907. The smallest absolute Gasteiger partial charge is 0.336 e. The Bertz CT molecular complexity index is 1020. The van der Waals surface area contributed by atoms with Gasteiger partial charge < -0.3 is 4.74 Å². The fourth-order valence-corrected chi connectivity index (χ4v) is 3.37. The van der Waals surface area contributed by atoms with Crippen molar-refractivity contribution >= 4 is 68.7 Å². The van der Waals surface area contributed by atoms with Crippen LogP contribution in [0.5, 0.6) is 5.75 Å². The van der Waals surface area contributed by atoms with Crippen molar-refractivity contribution in [1.29, 1.82) is 0 Å². The number of nitrogens with one attached hydrogen (secondary N) is 1. The van der Waals surface area contributed by atoms with E-state index in [0.29, 0.717) is 17.9 Å². The van der Waals surface area contributed by atoms with Crippen LogP contribution in [0.15, 0.2) is 46.4 Å². The Hall–Kier alpha value is -2.35. The van der Waals surface area contributed by atoms with E-state index in [1.807, 2.05) is 6.92 Å². The second-order valence-electron chi connectivity index (χ2n) is 5.65. The molecular weight excluding hydrogens is 471 g/mol. The molecule has 28 heavy (non-hydrogen) atoms. The lowest BCUT2D eigenvalue weighted by Crippen LogP contribution is -2.54. The zero-order valence-corrected chi connectivity index (χ0v) is 17.6. The first kappa shape index (κ1) is 20.4. The number of amides is 4. The molecule has 1 aliphatic rings. The Morgan fingerprint density at radius 1 is 1.18 bits per heavy atom. The molecule has 0 radical (unpaired) electrons. The average molecular weight is 484 g/mol. The maximum Gasteiger partial charge on any atom is 0.336 e. The lowest BCUT2D eigenvalue weighted by molar-refractivity contribution is -0.122. The van der Waals surface area contributed by atoms with E-state index in [1.165, 1.54) is 18.2 Å². The second kappa shape index (κ2) is 8.34. The van der Waals surface area contributed by atoms with Crippen LogP contribution in [0.2, 0.25) is 10.0 Å². The minimum Gasteiger partial charge on any atom is -0.493 e. The number of hydrogen-bond donors (Lipinski definition) is 1. The number of carbonyl (C=O) groups excluding carboxylic acids is 3. The summed E-state index contributed by atoms with van der Waals surface area (Å²) in [5, 5.41) is 2.35. The first-order valence-corrected chi connectivity index (χ1v) is 9.66. The van der Waals surface area contributed by atoms with E-state index >= 15 is 0 Å². The lowest BCUT2D eigenvalue weighted by Gasteiger charge is -2.27. The Labute approximate surface area is 179 Å². The predicted molar refractivity (Wildman–Crippen MR) is 111 cm³/mol. The molecule has 4 amide bonds. The number of anilines is 1. The molecule has 2 aromatic carbocycles. The molecule has 0 unspecified atom stereocenters. The van der Waals surface area contributed by atoms with Gasteiger partial charge >= 0.3 is 6.03 Å². The summed E-state index contributed by atoms with van der Waals surface area (Å²) in [6.45, 7) is 2.22. The zero-order valence-electron chi connectivity index (χ0n) is 14.5. The van der Waals surface area contributed by atoms with Gasteiger partial charge in [-0.1, -0.05) is 45.2 Å². The summed E-state index contributed by atoms with van der Waals surface area (Å²) in [6, 6.07) is 8.81. The Kier molecular flexibility index (Phi) is 6.07. The Morgan fingerprint density at radius 3 is 2.64 bits per heavy atom. The number of urea groups is 1. The van der Waals surface area contributed by atoms with Crippen molar-refractivity contribution in [2.24, 2.45) is 0 Å². The van der Waals surface area contributed by atoms with Crippen LogP contribution in [-0.2, 0) is 9.59 Å². The van der Waals surface area contributed by atoms with Crippen molar-refractivity contribution in [3.63, 3.8) is 0 Å². The number of nitrogens with zero attached hydrogens (tertiary/aromatic N) is 1. The standard InChI is InChI=1S/C19H13BrCl2N2O4/c1-2-28-15-7-6-11(20)8-10(15)9-12-17(25)23-19(27)24(18(12)26)14-5-3-4-13(21)16(14)22/h3-9H,2H2,1H3,(H,23,25,27)/b12-9+. The summed E-state index contributed by atoms with van der Waals surface area (Å²) >= 11 is 15.5. The highest BCUT2D eigenvalue weighted by atomic mass is 79.9. The van der Waals surface area contributed by atoms with Gasteiger partial charge in [0.05, 0.1) is 22.3 Å². The third-order valence-corrected chi connectivity index (χ3v) is 5.15. The van der Waals surface area contributed by atoms with E-state index in [-0.39, 0.29) is 21.3 Å². The van der Waals surface area contributed by atoms with Crippen molar-refractivity contribution < 1.29 is 19.1 Å². The number of ether oxygens (including phenoxy) is 1. The zero-order chi connectivity index (χ0) is 20.4. The third kappa shape index (κ3) is 3.92. The number of rotatable bonds is 4. The molecule has 3 rings (SSSR count). The van der Waals surface area contributed by atoms with Gasteiger partial charge in [0.1, 0.15) is 11.3 Å². The van der Waals surface area contributed by atoms with Gasteiger partial charge in [0.15, 0.2) is 0 Å². The third-order valence-electron chi connectivity index (χ3n) is 3.85. The molecule has 1 saturated heterocycles. The number of barbiturate groups is 1. The van der Waals surface area contributed by atoms with Crippen LogP contribution in [0.25, 0.3) is 6.08 Å². The monoisotopic (exact) mass is 482 g/mol. The topological polar surface area (TPSA) is 75.7 Å². The van der Waals surface area contributed by atoms with Gasteiger partial charge in [-0.3, -0.25) is 14.9 Å². The lowest BCUT2D eigenvalue weighted by atomic mass is 10.1. The van der Waals surface area contributed by atoms with Crippen LogP contribution in [0, 0.1) is 0 Å². The van der Waals surface area contributed by atoms with E-state index in [9.17, 15) is 14.4 Å². The molecule has 2 aromatic rings. The first-order valence-electron chi connectivity index (χ1n) is 8.11. The second-order valence-corrected chi connectivity index (χ2v) is 7.35. The molecular formula is C19H13BrCl2N2O4. The average Bonchev–Trinajstić information content (AvgIpc) is 2.64. The molecule has 1 heterocycles. The fraction of sp³-hybridized carbons (Fsp3) is 0.105. The maximum absolute atomic E-state index is 13.0. The Balaban J connectivity index is 2.10. The summed E-state index contributed by atoms with van der Waals surface area (Å²) in [5.41, 5.74) is 0.338. The van der Waals surface area contributed by atoms with Crippen molar-refractivity contribution in [3.05, 3.63) is 62.1 Å². The summed E-state index contributed by atoms with van der Waals surface area (Å²) in [7, 11) is 0. The van der Waals surface area contributed by atoms with Crippen LogP contribution in [0.3, 0.4) is 0 Å². The number of hydrogen-bond acceptors (Lipinski definition) is 4. The van der Waals surface area contributed by atoms with Gasteiger partial charge in [-0.25, -0.2) is 9.69 Å². The molecule has 144 valence electrons. The number of benzene rings is 2. The van der Waals surface area contributed by atoms with Gasteiger partial charge in [-0.05, 0) is 43.3 Å². The van der Waals surface area contributed by atoms with E-state index in [2.05, 4.69) is 21.2 Å². The van der Waals surface area contributed by atoms with E-state index in [0.717, 1.165) is 9.37 Å². The summed E-state index contributed by atoms with van der Waals surface area (Å²) in [5.74, 6) is -1.14. The molecule has 0 aliphatic carbocycles. The summed E-state index contributed by atoms with van der Waals surface area (Å²) < 4.78 is 6.28. The Morgan fingerprint density at radius 2 is 1.93 bits per heavy atom.